The first-order chi connectivity index (χ1) is 21.1. The van der Waals surface area contributed by atoms with Crippen LogP contribution >= 0.6 is 0 Å². The summed E-state index contributed by atoms with van der Waals surface area (Å²) in [6, 6.07) is 5.64. The third-order valence-electron chi connectivity index (χ3n) is 8.79. The van der Waals surface area contributed by atoms with Crippen molar-refractivity contribution in [3.63, 3.8) is 0 Å². The van der Waals surface area contributed by atoms with Gasteiger partial charge >= 0.3 is 0 Å². The van der Waals surface area contributed by atoms with Crippen molar-refractivity contribution in [2.75, 3.05) is 77.8 Å². The Kier molecular flexibility index (Phi) is 9.65. The molecule has 2 N–H and O–H groups in total. The van der Waals surface area contributed by atoms with Gasteiger partial charge in [-0.2, -0.15) is 9.97 Å². The summed E-state index contributed by atoms with van der Waals surface area (Å²) in [6.07, 6.45) is 2.49. The number of anilines is 2. The minimum atomic E-state index is -0.447. The number of rotatable bonds is 11. The Morgan fingerprint density at radius 3 is 2.45 bits per heavy atom. The summed E-state index contributed by atoms with van der Waals surface area (Å²) in [5, 5.41) is 6.08. The molecule has 0 unspecified atom stereocenters. The van der Waals surface area contributed by atoms with Gasteiger partial charge in [-0.1, -0.05) is 13.8 Å². The van der Waals surface area contributed by atoms with Gasteiger partial charge in [-0.05, 0) is 80.6 Å². The zero-order valence-corrected chi connectivity index (χ0v) is 27.1. The summed E-state index contributed by atoms with van der Waals surface area (Å²) >= 11 is 0. The molecule has 0 saturated carbocycles. The van der Waals surface area contributed by atoms with E-state index in [2.05, 4.69) is 71.2 Å². The van der Waals surface area contributed by atoms with Gasteiger partial charge < -0.3 is 39.1 Å². The van der Waals surface area contributed by atoms with Crippen LogP contribution < -0.4 is 24.8 Å². The Morgan fingerprint density at radius 2 is 1.77 bits per heavy atom. The van der Waals surface area contributed by atoms with Crippen molar-refractivity contribution in [1.82, 2.24) is 19.8 Å². The molecule has 1 saturated heterocycles. The van der Waals surface area contributed by atoms with E-state index in [-0.39, 0.29) is 28.6 Å². The summed E-state index contributed by atoms with van der Waals surface area (Å²) in [6.45, 7) is 15.6. The number of fused-ring (bicyclic) bond motifs is 1. The molecule has 238 valence electrons. The van der Waals surface area contributed by atoms with Crippen LogP contribution in [0.2, 0.25) is 0 Å². The van der Waals surface area contributed by atoms with Crippen molar-refractivity contribution in [2.45, 2.75) is 52.4 Å². The maximum Gasteiger partial charge on any atom is 0.291 e. The second-order valence-corrected chi connectivity index (χ2v) is 12.4. The third kappa shape index (κ3) is 6.94. The Bertz CT molecular complexity index is 1450. The molecule has 0 bridgehead atoms. The Labute approximate surface area is 260 Å². The van der Waals surface area contributed by atoms with E-state index in [1.807, 2.05) is 6.07 Å². The van der Waals surface area contributed by atoms with E-state index in [1.54, 1.807) is 6.07 Å². The van der Waals surface area contributed by atoms with E-state index in [0.717, 1.165) is 63.5 Å². The van der Waals surface area contributed by atoms with Gasteiger partial charge in [0.25, 0.3) is 5.91 Å². The lowest BCUT2D eigenvalue weighted by molar-refractivity contribution is 0.0994. The molecule has 2 aliphatic heterocycles. The zero-order chi connectivity index (χ0) is 31.4. The number of amides is 1. The molecule has 0 atom stereocenters. The highest BCUT2D eigenvalue weighted by Crippen LogP contribution is 2.43. The van der Waals surface area contributed by atoms with Gasteiger partial charge in [0.15, 0.2) is 11.4 Å². The fourth-order valence-corrected chi connectivity index (χ4v) is 6.18. The van der Waals surface area contributed by atoms with E-state index < -0.39 is 5.91 Å². The number of nitrogens with zero attached hydrogens (tertiary/aromatic N) is 4. The molecule has 1 aromatic carbocycles. The number of nitrogens with one attached hydrogen (secondary N) is 2. The van der Waals surface area contributed by atoms with Crippen LogP contribution in [0.15, 0.2) is 22.6 Å². The van der Waals surface area contributed by atoms with Gasteiger partial charge in [0, 0.05) is 44.7 Å². The predicted octanol–water partition coefficient (Wildman–Crippen LogP) is 4.66. The van der Waals surface area contributed by atoms with Gasteiger partial charge in [-0.3, -0.25) is 4.79 Å². The van der Waals surface area contributed by atoms with E-state index in [0.29, 0.717) is 24.7 Å². The number of methoxy groups -OCH3 is 2. The molecule has 5 rings (SSSR count). The molecular formula is C33H46N6O5. The predicted molar refractivity (Wildman–Crippen MR) is 171 cm³/mol. The van der Waals surface area contributed by atoms with Crippen LogP contribution in [0.4, 0.5) is 11.6 Å². The Balaban J connectivity index is 1.25. The Hall–Kier alpha value is -3.83. The second-order valence-electron chi connectivity index (χ2n) is 12.4. The molecule has 11 nitrogen and oxygen atoms in total. The van der Waals surface area contributed by atoms with Gasteiger partial charge in [0.2, 0.25) is 17.7 Å². The first-order valence-electron chi connectivity index (χ1n) is 15.4. The first-order valence-corrected chi connectivity index (χ1v) is 15.4. The number of piperazine rings is 1. The number of aryl methyl sites for hydroxylation is 1. The van der Waals surface area contributed by atoms with E-state index >= 15 is 0 Å². The van der Waals surface area contributed by atoms with Gasteiger partial charge in [-0.25, -0.2) is 0 Å². The highest BCUT2D eigenvalue weighted by molar-refractivity contribution is 6.03. The zero-order valence-electron chi connectivity index (χ0n) is 27.1. The summed E-state index contributed by atoms with van der Waals surface area (Å²) in [5.41, 5.74) is 5.06. The van der Waals surface area contributed by atoms with Gasteiger partial charge in [-0.15, -0.1) is 0 Å². The highest BCUT2D eigenvalue weighted by atomic mass is 16.5. The van der Waals surface area contributed by atoms with Crippen LogP contribution in [-0.4, -0.2) is 92.8 Å². The fourth-order valence-electron chi connectivity index (χ4n) is 6.18. The summed E-state index contributed by atoms with van der Waals surface area (Å²) in [4.78, 5) is 27.0. The highest BCUT2D eigenvalue weighted by Gasteiger charge is 2.32. The summed E-state index contributed by atoms with van der Waals surface area (Å²) in [5.74, 6) is 2.16. The number of ether oxygens (including phenoxy) is 3. The molecular weight excluding hydrogens is 560 g/mol. The number of hydrogen-bond acceptors (Lipinski definition) is 10. The molecule has 11 heteroatoms. The van der Waals surface area contributed by atoms with Gasteiger partial charge in [0.1, 0.15) is 11.5 Å². The molecule has 44 heavy (non-hydrogen) atoms. The molecule has 2 aliphatic rings. The summed E-state index contributed by atoms with van der Waals surface area (Å²) in [7, 11) is 5.15. The maximum atomic E-state index is 13.3. The molecule has 0 spiro atoms. The normalized spacial score (nSPS) is 16.6. The maximum absolute atomic E-state index is 13.3. The minimum absolute atomic E-state index is 0.0319. The van der Waals surface area contributed by atoms with Crippen LogP contribution in [0.25, 0.3) is 0 Å². The van der Waals surface area contributed by atoms with Crippen LogP contribution in [0.5, 0.6) is 17.5 Å². The number of hydrogen-bond donors (Lipinski definition) is 2. The lowest BCUT2D eigenvalue weighted by Gasteiger charge is -2.35. The van der Waals surface area contributed by atoms with Crippen LogP contribution in [0, 0.1) is 13.8 Å². The lowest BCUT2D eigenvalue weighted by Crippen LogP contribution is -2.44. The molecule has 1 fully saturated rings. The molecule has 1 amide bonds. The topological polar surface area (TPSA) is 114 Å². The SMILES string of the molecule is COc1nc(NCCCN2CCN(C)CC2)nc(OC)c1NC(=O)c1ccc(Cc2c(C)cc3c(c2C)C(C)(C)CCO3)o1. The van der Waals surface area contributed by atoms with Crippen LogP contribution in [0.3, 0.4) is 0 Å². The fraction of sp³-hybridized carbons (Fsp3) is 0.545. The number of aromatic nitrogens is 2. The van der Waals surface area contributed by atoms with E-state index in [4.69, 9.17) is 18.6 Å². The average molecular weight is 607 g/mol. The van der Waals surface area contributed by atoms with Crippen molar-refractivity contribution in [3.05, 3.63) is 52.0 Å². The van der Waals surface area contributed by atoms with Crippen molar-refractivity contribution >= 4 is 17.5 Å². The van der Waals surface area contributed by atoms with Gasteiger partial charge in [0.05, 0.1) is 20.8 Å². The standard InChI is InChI=1S/C33H46N6O5/c1-21-19-26-27(33(3,4)11-18-43-26)22(2)24(21)20-23-9-10-25(44-23)29(40)35-28-30(41-6)36-32(37-31(28)42-7)34-12-8-13-39-16-14-38(5)15-17-39/h9-10,19H,8,11-18,20H2,1-7H3,(H,35,40)(H,34,36,37). The number of benzene rings is 1. The quantitative estimate of drug-likeness (QED) is 0.299. The Morgan fingerprint density at radius 1 is 1.07 bits per heavy atom. The van der Waals surface area contributed by atoms with Crippen LogP contribution in [-0.2, 0) is 11.8 Å². The first kappa shape index (κ1) is 31.6. The number of carbonyl (C=O) groups is 1. The molecule has 0 radical (unpaired) electrons. The minimum Gasteiger partial charge on any atom is -0.493 e. The van der Waals surface area contributed by atoms with Crippen molar-refractivity contribution in [3.8, 4) is 17.5 Å². The molecule has 0 aliphatic carbocycles. The molecule has 4 heterocycles. The number of likely N-dealkylation sites (N-methyl/N-ethyl adjacent to an activating group) is 1. The lowest BCUT2D eigenvalue weighted by atomic mass is 9.75. The monoisotopic (exact) mass is 606 g/mol. The largest absolute Gasteiger partial charge is 0.493 e. The molecule has 2 aromatic heterocycles. The average Bonchev–Trinajstić information content (AvgIpc) is 3.47. The smallest absolute Gasteiger partial charge is 0.291 e. The van der Waals surface area contributed by atoms with Crippen molar-refractivity contribution < 1.29 is 23.4 Å². The number of furan rings is 1. The third-order valence-corrected chi connectivity index (χ3v) is 8.79. The summed E-state index contributed by atoms with van der Waals surface area (Å²) < 4.78 is 23.1. The van der Waals surface area contributed by atoms with Crippen LogP contribution in [0.1, 0.15) is 65.3 Å². The van der Waals surface area contributed by atoms with Crippen molar-refractivity contribution in [2.24, 2.45) is 0 Å². The molecule has 3 aromatic rings. The van der Waals surface area contributed by atoms with E-state index in [1.165, 1.54) is 30.9 Å². The van der Waals surface area contributed by atoms with E-state index in [9.17, 15) is 4.79 Å². The second kappa shape index (κ2) is 13.4. The van der Waals surface area contributed by atoms with Crippen molar-refractivity contribution in [1.29, 1.82) is 0 Å². The number of carbonyl (C=O) groups excluding carboxylic acids is 1.